The summed E-state index contributed by atoms with van der Waals surface area (Å²) in [5.41, 5.74) is 0. The van der Waals surface area contributed by atoms with Gasteiger partial charge in [0.2, 0.25) is 5.91 Å². The van der Waals surface area contributed by atoms with Crippen LogP contribution in [0.25, 0.3) is 0 Å². The zero-order valence-electron chi connectivity index (χ0n) is 13.2. The lowest BCUT2D eigenvalue weighted by atomic mass is 10.3. The summed E-state index contributed by atoms with van der Waals surface area (Å²) in [6.07, 6.45) is 1.10. The number of benzene rings is 1. The first kappa shape index (κ1) is 19.4. The largest absolute Gasteiger partial charge is 0.492 e. The molecule has 0 unspecified atom stereocenters. The minimum absolute atomic E-state index is 0.0438. The molecule has 1 heterocycles. The smallest absolute Gasteiger partial charge is 0.230 e. The van der Waals surface area contributed by atoms with Gasteiger partial charge in [0, 0.05) is 10.8 Å². The molecule has 1 aromatic heterocycles. The minimum atomic E-state index is -0.0438. The third-order valence-corrected chi connectivity index (χ3v) is 6.30. The SMILES string of the molecule is CCCSc1nnc(SCC(=O)NCCOc2ccc(Cl)cc2)s1. The van der Waals surface area contributed by atoms with E-state index in [1.165, 1.54) is 23.1 Å². The number of hydrogen-bond donors (Lipinski definition) is 1. The molecule has 130 valence electrons. The number of carbonyl (C=O) groups is 1. The van der Waals surface area contributed by atoms with Gasteiger partial charge in [-0.25, -0.2) is 0 Å². The molecule has 5 nitrogen and oxygen atoms in total. The van der Waals surface area contributed by atoms with Crippen molar-refractivity contribution < 1.29 is 9.53 Å². The van der Waals surface area contributed by atoms with Crippen molar-refractivity contribution in [3.8, 4) is 5.75 Å². The molecular formula is C15H18ClN3O2S3. The summed E-state index contributed by atoms with van der Waals surface area (Å²) >= 11 is 10.4. The predicted molar refractivity (Wildman–Crippen MR) is 102 cm³/mol. The summed E-state index contributed by atoms with van der Waals surface area (Å²) in [7, 11) is 0. The van der Waals surface area contributed by atoms with Crippen molar-refractivity contribution in [3.05, 3.63) is 29.3 Å². The maximum Gasteiger partial charge on any atom is 0.230 e. The van der Waals surface area contributed by atoms with Crippen molar-refractivity contribution in [2.45, 2.75) is 22.0 Å². The van der Waals surface area contributed by atoms with Gasteiger partial charge >= 0.3 is 0 Å². The number of halogens is 1. The molecule has 0 spiro atoms. The van der Waals surface area contributed by atoms with Gasteiger partial charge in [-0.1, -0.05) is 53.4 Å². The summed E-state index contributed by atoms with van der Waals surface area (Å²) in [5.74, 6) is 2.05. The van der Waals surface area contributed by atoms with Gasteiger partial charge in [0.15, 0.2) is 8.68 Å². The molecule has 1 aromatic carbocycles. The molecule has 0 saturated carbocycles. The van der Waals surface area contributed by atoms with Crippen LogP contribution in [-0.4, -0.2) is 40.8 Å². The van der Waals surface area contributed by atoms with Gasteiger partial charge in [0.1, 0.15) is 12.4 Å². The molecule has 0 saturated heterocycles. The van der Waals surface area contributed by atoms with Gasteiger partial charge in [-0.05, 0) is 30.7 Å². The van der Waals surface area contributed by atoms with Gasteiger partial charge in [-0.3, -0.25) is 4.79 Å². The molecule has 0 radical (unpaired) electrons. The minimum Gasteiger partial charge on any atom is -0.492 e. The van der Waals surface area contributed by atoms with E-state index in [0.29, 0.717) is 23.9 Å². The van der Waals surface area contributed by atoms with Crippen LogP contribution < -0.4 is 10.1 Å². The molecule has 0 fully saturated rings. The molecule has 24 heavy (non-hydrogen) atoms. The molecule has 0 atom stereocenters. The Morgan fingerprint density at radius 1 is 1.25 bits per heavy atom. The molecule has 0 bridgehead atoms. The first-order valence-corrected chi connectivity index (χ1v) is 10.6. The van der Waals surface area contributed by atoms with Gasteiger partial charge < -0.3 is 10.1 Å². The highest BCUT2D eigenvalue weighted by Gasteiger charge is 2.08. The first-order valence-electron chi connectivity index (χ1n) is 7.41. The molecule has 0 aliphatic carbocycles. The van der Waals surface area contributed by atoms with E-state index in [4.69, 9.17) is 16.3 Å². The monoisotopic (exact) mass is 403 g/mol. The van der Waals surface area contributed by atoms with Crippen LogP contribution in [0.4, 0.5) is 0 Å². The molecular weight excluding hydrogens is 386 g/mol. The highest BCUT2D eigenvalue weighted by molar-refractivity contribution is 8.03. The predicted octanol–water partition coefficient (Wildman–Crippen LogP) is 3.98. The standard InChI is InChI=1S/C15H18ClN3O2S3/c1-2-9-22-14-18-19-15(24-14)23-10-13(20)17-7-8-21-12-5-3-11(16)4-6-12/h3-6H,2,7-10H2,1H3,(H,17,20). The average Bonchev–Trinajstić information content (AvgIpc) is 3.04. The summed E-state index contributed by atoms with van der Waals surface area (Å²) < 4.78 is 7.29. The van der Waals surface area contributed by atoms with E-state index in [9.17, 15) is 4.79 Å². The second kappa shape index (κ2) is 10.8. The van der Waals surface area contributed by atoms with E-state index >= 15 is 0 Å². The van der Waals surface area contributed by atoms with Gasteiger partial charge in [0.25, 0.3) is 0 Å². The van der Waals surface area contributed by atoms with E-state index in [1.807, 2.05) is 0 Å². The normalized spacial score (nSPS) is 10.6. The van der Waals surface area contributed by atoms with Crippen molar-refractivity contribution in [2.24, 2.45) is 0 Å². The Bertz CT molecular complexity index is 637. The summed E-state index contributed by atoms with van der Waals surface area (Å²) in [6, 6.07) is 7.12. The van der Waals surface area contributed by atoms with Gasteiger partial charge in [-0.15, -0.1) is 10.2 Å². The van der Waals surface area contributed by atoms with Gasteiger partial charge in [0.05, 0.1) is 12.3 Å². The lowest BCUT2D eigenvalue weighted by Gasteiger charge is -2.07. The molecule has 0 aliphatic heterocycles. The highest BCUT2D eigenvalue weighted by atomic mass is 35.5. The Morgan fingerprint density at radius 2 is 1.96 bits per heavy atom. The lowest BCUT2D eigenvalue weighted by molar-refractivity contribution is -0.118. The number of carbonyl (C=O) groups excluding carboxylic acids is 1. The summed E-state index contributed by atoms with van der Waals surface area (Å²) in [6.45, 7) is 3.00. The van der Waals surface area contributed by atoms with Crippen molar-refractivity contribution in [1.29, 1.82) is 0 Å². The van der Waals surface area contributed by atoms with Crippen molar-refractivity contribution >= 4 is 52.4 Å². The summed E-state index contributed by atoms with van der Waals surface area (Å²) in [5, 5.41) is 11.7. The number of aromatic nitrogens is 2. The third kappa shape index (κ3) is 7.29. The van der Waals surface area contributed by atoms with Crippen molar-refractivity contribution in [3.63, 3.8) is 0 Å². The number of rotatable bonds is 10. The number of nitrogens with zero attached hydrogens (tertiary/aromatic N) is 2. The molecule has 9 heteroatoms. The second-order valence-corrected chi connectivity index (χ2v) is 8.60. The van der Waals surface area contributed by atoms with E-state index in [-0.39, 0.29) is 5.91 Å². The van der Waals surface area contributed by atoms with Crippen LogP contribution in [-0.2, 0) is 4.79 Å². The number of hydrogen-bond acceptors (Lipinski definition) is 7. The van der Waals surface area contributed by atoms with E-state index in [2.05, 4.69) is 22.4 Å². The van der Waals surface area contributed by atoms with Crippen LogP contribution in [0.5, 0.6) is 5.75 Å². The van der Waals surface area contributed by atoms with Crippen LogP contribution in [0.1, 0.15) is 13.3 Å². The Labute approximate surface area is 158 Å². The van der Waals surface area contributed by atoms with Crippen LogP contribution in [0.3, 0.4) is 0 Å². The first-order chi connectivity index (χ1) is 11.7. The number of amides is 1. The van der Waals surface area contributed by atoms with Crippen molar-refractivity contribution in [1.82, 2.24) is 15.5 Å². The highest BCUT2D eigenvalue weighted by Crippen LogP contribution is 2.28. The number of ether oxygens (including phenoxy) is 1. The van der Waals surface area contributed by atoms with Crippen LogP contribution in [0.15, 0.2) is 32.9 Å². The lowest BCUT2D eigenvalue weighted by Crippen LogP contribution is -2.29. The van der Waals surface area contributed by atoms with Crippen LogP contribution >= 0.6 is 46.5 Å². The maximum atomic E-state index is 11.8. The van der Waals surface area contributed by atoms with Crippen molar-refractivity contribution in [2.75, 3.05) is 24.7 Å². The van der Waals surface area contributed by atoms with E-state index in [1.54, 1.807) is 36.0 Å². The second-order valence-electron chi connectivity index (χ2n) is 4.62. The van der Waals surface area contributed by atoms with E-state index in [0.717, 1.165) is 26.6 Å². The fourth-order valence-corrected chi connectivity index (χ4v) is 4.47. The molecule has 0 aliphatic rings. The molecule has 2 rings (SSSR count). The van der Waals surface area contributed by atoms with Gasteiger partial charge in [-0.2, -0.15) is 0 Å². The topological polar surface area (TPSA) is 64.1 Å². The Kier molecular flexibility index (Phi) is 8.72. The maximum absolute atomic E-state index is 11.8. The fourth-order valence-electron chi connectivity index (χ4n) is 1.57. The molecule has 2 aromatic rings. The molecule has 1 N–H and O–H groups in total. The van der Waals surface area contributed by atoms with E-state index < -0.39 is 0 Å². The third-order valence-electron chi connectivity index (χ3n) is 2.65. The fraction of sp³-hybridized carbons (Fsp3) is 0.400. The Hall–Kier alpha value is -0.960. The molecule has 1 amide bonds. The summed E-state index contributed by atoms with van der Waals surface area (Å²) in [4.78, 5) is 11.8. The quantitative estimate of drug-likeness (QED) is 0.478. The number of thioether (sulfide) groups is 2. The zero-order chi connectivity index (χ0) is 17.2. The van der Waals surface area contributed by atoms with Crippen LogP contribution in [0, 0.1) is 0 Å². The number of nitrogens with one attached hydrogen (secondary N) is 1. The Balaban J connectivity index is 1.59. The van der Waals surface area contributed by atoms with Crippen LogP contribution in [0.2, 0.25) is 5.02 Å². The Morgan fingerprint density at radius 3 is 2.67 bits per heavy atom. The zero-order valence-corrected chi connectivity index (χ0v) is 16.4. The average molecular weight is 404 g/mol.